The van der Waals surface area contributed by atoms with Crippen LogP contribution in [0.3, 0.4) is 0 Å². The fourth-order valence-electron chi connectivity index (χ4n) is 3.42. The van der Waals surface area contributed by atoms with Gasteiger partial charge in [-0.25, -0.2) is 4.98 Å². The number of benzene rings is 2. The minimum Gasteiger partial charge on any atom is -0.422 e. The second-order valence-corrected chi connectivity index (χ2v) is 6.82. The van der Waals surface area contributed by atoms with Crippen molar-refractivity contribution < 1.29 is 14.3 Å². The number of morpholine rings is 1. The molecule has 0 aliphatic carbocycles. The van der Waals surface area contributed by atoms with Crippen LogP contribution >= 0.6 is 0 Å². The Morgan fingerprint density at radius 2 is 1.74 bits per heavy atom. The van der Waals surface area contributed by atoms with E-state index in [0.717, 1.165) is 41.4 Å². The number of hydrogen-bond acceptors (Lipinski definition) is 5. The van der Waals surface area contributed by atoms with E-state index < -0.39 is 6.10 Å². The first-order valence-electron chi connectivity index (χ1n) is 9.32. The highest BCUT2D eigenvalue weighted by Gasteiger charge is 2.26. The molecule has 1 aliphatic heterocycles. The molecular formula is C22H24N2O3. The second kappa shape index (κ2) is 7.94. The van der Waals surface area contributed by atoms with Gasteiger partial charge in [0, 0.05) is 19.5 Å². The molecule has 1 saturated heterocycles. The zero-order chi connectivity index (χ0) is 18.6. The van der Waals surface area contributed by atoms with Gasteiger partial charge >= 0.3 is 0 Å². The Kier molecular flexibility index (Phi) is 5.23. The first-order valence-corrected chi connectivity index (χ1v) is 9.32. The van der Waals surface area contributed by atoms with Crippen LogP contribution in [0.5, 0.6) is 0 Å². The summed E-state index contributed by atoms with van der Waals surface area (Å²) in [6, 6.07) is 18.0. The number of aromatic nitrogens is 1. The Morgan fingerprint density at radius 3 is 2.48 bits per heavy atom. The summed E-state index contributed by atoms with van der Waals surface area (Å²) < 4.78 is 11.6. The molecule has 5 heteroatoms. The maximum Gasteiger partial charge on any atom is 0.230 e. The molecule has 5 nitrogen and oxygen atoms in total. The van der Waals surface area contributed by atoms with Crippen LogP contribution in [0.2, 0.25) is 0 Å². The fourth-order valence-corrected chi connectivity index (χ4v) is 3.42. The van der Waals surface area contributed by atoms with Gasteiger partial charge in [-0.3, -0.25) is 0 Å². The quantitative estimate of drug-likeness (QED) is 0.751. The highest BCUT2D eigenvalue weighted by Crippen LogP contribution is 2.31. The molecule has 1 unspecified atom stereocenters. The van der Waals surface area contributed by atoms with Crippen LogP contribution in [0, 0.1) is 6.92 Å². The van der Waals surface area contributed by atoms with Gasteiger partial charge in [0.1, 0.15) is 5.69 Å². The highest BCUT2D eigenvalue weighted by molar-refractivity contribution is 5.45. The molecule has 0 spiro atoms. The minimum absolute atomic E-state index is 0.344. The number of aryl methyl sites for hydroxylation is 1. The molecule has 140 valence electrons. The Morgan fingerprint density at radius 1 is 1.04 bits per heavy atom. The molecule has 0 amide bonds. The summed E-state index contributed by atoms with van der Waals surface area (Å²) in [5, 5.41) is 10.9. The van der Waals surface area contributed by atoms with E-state index in [1.165, 1.54) is 0 Å². The zero-order valence-electron chi connectivity index (χ0n) is 15.5. The van der Waals surface area contributed by atoms with Crippen molar-refractivity contribution in [2.45, 2.75) is 19.4 Å². The van der Waals surface area contributed by atoms with Crippen LogP contribution in [0.25, 0.3) is 0 Å². The number of nitrogens with zero attached hydrogens (tertiary/aromatic N) is 2. The Balaban J connectivity index is 1.69. The van der Waals surface area contributed by atoms with E-state index in [2.05, 4.69) is 17.0 Å². The third-order valence-corrected chi connectivity index (χ3v) is 4.92. The third-order valence-electron chi connectivity index (χ3n) is 4.92. The number of hydrogen-bond donors (Lipinski definition) is 1. The summed E-state index contributed by atoms with van der Waals surface area (Å²) >= 11 is 0. The van der Waals surface area contributed by atoms with Crippen molar-refractivity contribution in [3.05, 3.63) is 82.9 Å². The summed E-state index contributed by atoms with van der Waals surface area (Å²) in [6.45, 7) is 4.84. The van der Waals surface area contributed by atoms with E-state index >= 15 is 0 Å². The zero-order valence-corrected chi connectivity index (χ0v) is 15.5. The van der Waals surface area contributed by atoms with Crippen molar-refractivity contribution in [3.8, 4) is 0 Å². The normalized spacial score (nSPS) is 15.7. The fraction of sp³-hybridized carbons (Fsp3) is 0.318. The predicted molar refractivity (Wildman–Crippen MR) is 104 cm³/mol. The molecule has 2 aromatic carbocycles. The lowest BCUT2D eigenvalue weighted by Crippen LogP contribution is -2.36. The van der Waals surface area contributed by atoms with Crippen molar-refractivity contribution in [1.82, 2.24) is 4.98 Å². The van der Waals surface area contributed by atoms with Gasteiger partial charge < -0.3 is 19.2 Å². The molecule has 0 saturated carbocycles. The van der Waals surface area contributed by atoms with E-state index in [1.54, 1.807) is 0 Å². The molecule has 0 bridgehead atoms. The molecule has 1 aliphatic rings. The Labute approximate surface area is 159 Å². The van der Waals surface area contributed by atoms with Crippen molar-refractivity contribution in [1.29, 1.82) is 0 Å². The van der Waals surface area contributed by atoms with Gasteiger partial charge in [-0.2, -0.15) is 0 Å². The van der Waals surface area contributed by atoms with E-state index in [1.807, 2.05) is 49.4 Å². The summed E-state index contributed by atoms with van der Waals surface area (Å²) in [5.41, 5.74) is 3.85. The predicted octanol–water partition coefficient (Wildman–Crippen LogP) is 3.49. The van der Waals surface area contributed by atoms with E-state index in [-0.39, 0.29) is 0 Å². The molecule has 27 heavy (non-hydrogen) atoms. The molecule has 2 heterocycles. The summed E-state index contributed by atoms with van der Waals surface area (Å²) in [6.07, 6.45) is -0.215. The molecule has 3 aromatic rings. The lowest BCUT2D eigenvalue weighted by molar-refractivity contribution is 0.119. The van der Waals surface area contributed by atoms with Gasteiger partial charge in [0.25, 0.3) is 0 Å². The average Bonchev–Trinajstić information content (AvgIpc) is 3.13. The van der Waals surface area contributed by atoms with Gasteiger partial charge in [0.15, 0.2) is 6.10 Å². The van der Waals surface area contributed by atoms with Crippen molar-refractivity contribution in [3.63, 3.8) is 0 Å². The summed E-state index contributed by atoms with van der Waals surface area (Å²) in [7, 11) is 0. The van der Waals surface area contributed by atoms with Gasteiger partial charge in [0.2, 0.25) is 11.8 Å². The molecule has 1 fully saturated rings. The molecule has 1 N–H and O–H groups in total. The first-order chi connectivity index (χ1) is 13.2. The molecule has 1 aromatic heterocycles. The Hall–Kier alpha value is -2.63. The van der Waals surface area contributed by atoms with Crippen LogP contribution in [0.15, 0.2) is 59.0 Å². The number of aliphatic hydroxyl groups is 1. The number of oxazole rings is 1. The van der Waals surface area contributed by atoms with E-state index in [4.69, 9.17) is 14.1 Å². The smallest absolute Gasteiger partial charge is 0.230 e. The van der Waals surface area contributed by atoms with Crippen LogP contribution in [0.4, 0.5) is 5.88 Å². The van der Waals surface area contributed by atoms with Crippen molar-refractivity contribution in [2.24, 2.45) is 0 Å². The number of anilines is 1. The number of rotatable bonds is 5. The molecule has 0 radical (unpaired) electrons. The lowest BCUT2D eigenvalue weighted by Gasteiger charge is -2.26. The summed E-state index contributed by atoms with van der Waals surface area (Å²) in [4.78, 5) is 6.85. The number of ether oxygens (including phenoxy) is 1. The van der Waals surface area contributed by atoms with Gasteiger partial charge in [0.05, 0.1) is 13.2 Å². The minimum atomic E-state index is -0.879. The summed E-state index contributed by atoms with van der Waals surface area (Å²) in [5.74, 6) is 1.08. The highest BCUT2D eigenvalue weighted by atomic mass is 16.5. The van der Waals surface area contributed by atoms with E-state index in [9.17, 15) is 5.11 Å². The van der Waals surface area contributed by atoms with Gasteiger partial charge in [-0.1, -0.05) is 54.6 Å². The SMILES string of the molecule is Cc1ccccc1C(O)c1nc(Cc2ccccc2)c(N2CCOCC2)o1. The lowest BCUT2D eigenvalue weighted by atomic mass is 10.0. The van der Waals surface area contributed by atoms with Gasteiger partial charge in [-0.15, -0.1) is 0 Å². The topological polar surface area (TPSA) is 58.7 Å². The largest absolute Gasteiger partial charge is 0.422 e. The number of aliphatic hydroxyl groups excluding tert-OH is 1. The second-order valence-electron chi connectivity index (χ2n) is 6.82. The van der Waals surface area contributed by atoms with Gasteiger partial charge in [-0.05, 0) is 23.6 Å². The van der Waals surface area contributed by atoms with Crippen LogP contribution in [-0.4, -0.2) is 36.4 Å². The van der Waals surface area contributed by atoms with Crippen LogP contribution < -0.4 is 4.90 Å². The maximum atomic E-state index is 10.9. The maximum absolute atomic E-state index is 10.9. The van der Waals surface area contributed by atoms with Crippen molar-refractivity contribution in [2.75, 3.05) is 31.2 Å². The van der Waals surface area contributed by atoms with Crippen LogP contribution in [0.1, 0.15) is 34.4 Å². The first kappa shape index (κ1) is 17.8. The monoisotopic (exact) mass is 364 g/mol. The van der Waals surface area contributed by atoms with Crippen LogP contribution in [-0.2, 0) is 11.2 Å². The molecule has 1 atom stereocenters. The van der Waals surface area contributed by atoms with E-state index in [0.29, 0.717) is 25.5 Å². The molecule has 4 rings (SSSR count). The molecular weight excluding hydrogens is 340 g/mol. The average molecular weight is 364 g/mol. The Bertz CT molecular complexity index is 886. The third kappa shape index (κ3) is 3.89. The van der Waals surface area contributed by atoms with Crippen molar-refractivity contribution >= 4 is 5.88 Å². The standard InChI is InChI=1S/C22H24N2O3/c1-16-7-5-6-10-18(16)20(25)21-23-19(15-17-8-3-2-4-9-17)22(27-21)24-11-13-26-14-12-24/h2-10,20,25H,11-15H2,1H3.